The van der Waals surface area contributed by atoms with E-state index in [0.29, 0.717) is 12.8 Å². The van der Waals surface area contributed by atoms with E-state index in [1.807, 2.05) is 58.0 Å². The normalized spacial score (nSPS) is 23.0. The molecular formula is C32H48N4O7. The van der Waals surface area contributed by atoms with Crippen molar-refractivity contribution in [1.29, 1.82) is 0 Å². The third-order valence-corrected chi connectivity index (χ3v) is 6.42. The monoisotopic (exact) mass is 600 g/mol. The minimum Gasteiger partial charge on any atom is -0.459 e. The highest BCUT2D eigenvalue weighted by Gasteiger charge is 2.33. The lowest BCUT2D eigenvalue weighted by Crippen LogP contribution is -2.58. The van der Waals surface area contributed by atoms with Gasteiger partial charge in [0, 0.05) is 0 Å². The number of nitrogens with one attached hydrogen (secondary N) is 4. The van der Waals surface area contributed by atoms with Crippen molar-refractivity contribution in [2.45, 2.75) is 111 Å². The molecule has 0 saturated heterocycles. The van der Waals surface area contributed by atoms with Crippen molar-refractivity contribution >= 4 is 29.8 Å². The number of amides is 4. The molecule has 1 aromatic rings. The molecule has 0 spiro atoms. The fourth-order valence-electron chi connectivity index (χ4n) is 4.41. The maximum Gasteiger partial charge on any atom is 0.408 e. The van der Waals surface area contributed by atoms with Gasteiger partial charge in [-0.15, -0.1) is 0 Å². The topological polar surface area (TPSA) is 152 Å². The Morgan fingerprint density at radius 1 is 0.837 bits per heavy atom. The van der Waals surface area contributed by atoms with Crippen LogP contribution in [0.15, 0.2) is 42.5 Å². The van der Waals surface area contributed by atoms with Gasteiger partial charge in [0.25, 0.3) is 0 Å². The van der Waals surface area contributed by atoms with E-state index in [2.05, 4.69) is 21.3 Å². The number of carbonyl (C=O) groups is 5. The van der Waals surface area contributed by atoms with Crippen molar-refractivity contribution < 1.29 is 33.4 Å². The summed E-state index contributed by atoms with van der Waals surface area (Å²) in [4.78, 5) is 66.0. The Labute approximate surface area is 254 Å². The van der Waals surface area contributed by atoms with Gasteiger partial charge in [0.2, 0.25) is 17.7 Å². The average Bonchev–Trinajstić information content (AvgIpc) is 2.90. The third kappa shape index (κ3) is 13.3. The number of hydrogen-bond donors (Lipinski definition) is 4. The second-order valence-corrected chi connectivity index (χ2v) is 12.7. The first kappa shape index (κ1) is 35.3. The first-order valence-electron chi connectivity index (χ1n) is 14.9. The summed E-state index contributed by atoms with van der Waals surface area (Å²) in [6, 6.07) is 5.16. The minimum atomic E-state index is -1.05. The van der Waals surface area contributed by atoms with E-state index in [4.69, 9.17) is 9.47 Å². The van der Waals surface area contributed by atoms with Crippen LogP contribution in [0.25, 0.3) is 0 Å². The van der Waals surface area contributed by atoms with Crippen LogP contribution < -0.4 is 21.3 Å². The van der Waals surface area contributed by atoms with Gasteiger partial charge < -0.3 is 30.7 Å². The Balaban J connectivity index is 2.39. The van der Waals surface area contributed by atoms with Gasteiger partial charge in [-0.3, -0.25) is 14.4 Å². The van der Waals surface area contributed by atoms with Crippen LogP contribution in [0.4, 0.5) is 4.79 Å². The van der Waals surface area contributed by atoms with E-state index in [0.717, 1.165) is 5.56 Å². The molecule has 43 heavy (non-hydrogen) atoms. The number of benzene rings is 1. The van der Waals surface area contributed by atoms with E-state index in [9.17, 15) is 24.0 Å². The van der Waals surface area contributed by atoms with Crippen molar-refractivity contribution in [1.82, 2.24) is 21.3 Å². The Morgan fingerprint density at radius 2 is 1.37 bits per heavy atom. The van der Waals surface area contributed by atoms with Crippen LogP contribution in [-0.2, 0) is 35.3 Å². The van der Waals surface area contributed by atoms with E-state index < -0.39 is 59.6 Å². The Kier molecular flexibility index (Phi) is 13.7. The van der Waals surface area contributed by atoms with Gasteiger partial charge in [-0.1, -0.05) is 70.2 Å². The summed E-state index contributed by atoms with van der Waals surface area (Å²) in [5.41, 5.74) is 0.0106. The molecule has 238 valence electrons. The van der Waals surface area contributed by atoms with Crippen LogP contribution >= 0.6 is 0 Å². The lowest BCUT2D eigenvalue weighted by Gasteiger charge is -2.28. The van der Waals surface area contributed by atoms with Crippen molar-refractivity contribution in [3.05, 3.63) is 48.0 Å². The van der Waals surface area contributed by atoms with Crippen LogP contribution in [0.1, 0.15) is 79.7 Å². The predicted molar refractivity (Wildman–Crippen MR) is 162 cm³/mol. The lowest BCUT2D eigenvalue weighted by molar-refractivity contribution is -0.149. The summed E-state index contributed by atoms with van der Waals surface area (Å²) in [6.07, 6.45) is 3.24. The second-order valence-electron chi connectivity index (χ2n) is 12.7. The maximum absolute atomic E-state index is 13.5. The summed E-state index contributed by atoms with van der Waals surface area (Å²) in [7, 11) is 0. The van der Waals surface area contributed by atoms with Crippen LogP contribution in [0.2, 0.25) is 0 Å². The molecule has 1 heterocycles. The van der Waals surface area contributed by atoms with Crippen molar-refractivity contribution in [2.24, 2.45) is 11.8 Å². The highest BCUT2D eigenvalue weighted by molar-refractivity contribution is 5.95. The molecule has 0 aliphatic carbocycles. The van der Waals surface area contributed by atoms with Crippen LogP contribution in [-0.4, -0.2) is 59.6 Å². The average molecular weight is 601 g/mol. The zero-order chi connectivity index (χ0) is 32.2. The molecule has 0 bridgehead atoms. The van der Waals surface area contributed by atoms with E-state index in [-0.39, 0.29) is 31.3 Å². The molecule has 0 aromatic heterocycles. The molecule has 2 rings (SSSR count). The highest BCUT2D eigenvalue weighted by atomic mass is 16.6. The molecule has 11 nitrogen and oxygen atoms in total. The maximum atomic E-state index is 13.5. The summed E-state index contributed by atoms with van der Waals surface area (Å²) in [5.74, 6) is -2.19. The van der Waals surface area contributed by atoms with Crippen molar-refractivity contribution in [3.63, 3.8) is 0 Å². The summed E-state index contributed by atoms with van der Waals surface area (Å²) in [6.45, 7) is 12.8. The fourth-order valence-corrected chi connectivity index (χ4v) is 4.41. The summed E-state index contributed by atoms with van der Waals surface area (Å²) in [5, 5.41) is 10.9. The Bertz CT molecular complexity index is 1130. The van der Waals surface area contributed by atoms with Crippen molar-refractivity contribution in [3.8, 4) is 0 Å². The minimum absolute atomic E-state index is 0.0286. The van der Waals surface area contributed by atoms with Gasteiger partial charge in [-0.05, 0) is 63.9 Å². The van der Waals surface area contributed by atoms with Crippen LogP contribution in [0.3, 0.4) is 0 Å². The molecule has 1 aliphatic rings. The fraction of sp³-hybridized carbons (Fsp3) is 0.594. The molecule has 1 aromatic carbocycles. The molecule has 4 amide bonds. The standard InChI is InChI=1S/C32H48N4O7/c1-20(2)17-25-28(38)33-24(30(40)42-19-22-13-9-8-10-14-22)16-12-11-15-23(36-31(41)43-32(5,6)7)27(37)34-26(18-21(3)4)29(39)35-25/h8-14,20-21,23-26H,15-19H2,1-7H3,(H,33,38)(H,34,37)(H,35,39)(H,36,41)/b12-11+/t23-,24-,25-,26-/m0/s1. The molecular weight excluding hydrogens is 552 g/mol. The first-order chi connectivity index (χ1) is 20.1. The number of ether oxygens (including phenoxy) is 2. The number of esters is 1. The van der Waals surface area contributed by atoms with Crippen molar-refractivity contribution in [2.75, 3.05) is 0 Å². The van der Waals surface area contributed by atoms with Gasteiger partial charge in [-0.2, -0.15) is 0 Å². The van der Waals surface area contributed by atoms with Crippen LogP contribution in [0, 0.1) is 11.8 Å². The molecule has 0 fully saturated rings. The lowest BCUT2D eigenvalue weighted by atomic mass is 9.99. The molecule has 4 N–H and O–H groups in total. The van der Waals surface area contributed by atoms with Gasteiger partial charge >= 0.3 is 12.1 Å². The molecule has 0 radical (unpaired) electrons. The Hall–Kier alpha value is -3.89. The van der Waals surface area contributed by atoms with Gasteiger partial charge in [-0.25, -0.2) is 9.59 Å². The first-order valence-corrected chi connectivity index (χ1v) is 14.9. The molecule has 0 saturated carbocycles. The Morgan fingerprint density at radius 3 is 1.93 bits per heavy atom. The molecule has 0 unspecified atom stereocenters. The van der Waals surface area contributed by atoms with E-state index in [1.165, 1.54) is 0 Å². The molecule has 4 atom stereocenters. The highest BCUT2D eigenvalue weighted by Crippen LogP contribution is 2.13. The third-order valence-electron chi connectivity index (χ3n) is 6.42. The second kappa shape index (κ2) is 16.7. The molecule has 11 heteroatoms. The van der Waals surface area contributed by atoms with Gasteiger partial charge in [0.15, 0.2) is 0 Å². The number of alkyl carbamates (subject to hydrolysis) is 1. The van der Waals surface area contributed by atoms with Gasteiger partial charge in [0.1, 0.15) is 36.4 Å². The summed E-state index contributed by atoms with van der Waals surface area (Å²) >= 11 is 0. The quantitative estimate of drug-likeness (QED) is 0.263. The summed E-state index contributed by atoms with van der Waals surface area (Å²) < 4.78 is 10.9. The zero-order valence-electron chi connectivity index (χ0n) is 26.4. The number of carbonyl (C=O) groups excluding carboxylic acids is 5. The number of rotatable bonds is 8. The van der Waals surface area contributed by atoms with E-state index in [1.54, 1.807) is 32.9 Å². The SMILES string of the molecule is CC(C)C[C@@H]1NC(=O)[C@@H](NC(=O)OC(C)(C)C)C/C=C/C[C@@H](C(=O)OCc2ccccc2)NC(=O)[C@H](CC(C)C)NC1=O. The number of hydrogen-bond acceptors (Lipinski definition) is 7. The van der Waals surface area contributed by atoms with Gasteiger partial charge in [0.05, 0.1) is 0 Å². The van der Waals surface area contributed by atoms with Crippen LogP contribution in [0.5, 0.6) is 0 Å². The zero-order valence-corrected chi connectivity index (χ0v) is 26.4. The predicted octanol–water partition coefficient (Wildman–Crippen LogP) is 3.52. The smallest absolute Gasteiger partial charge is 0.408 e. The largest absolute Gasteiger partial charge is 0.459 e. The molecule has 1 aliphatic heterocycles. The van der Waals surface area contributed by atoms with E-state index >= 15 is 0 Å².